The van der Waals surface area contributed by atoms with Crippen LogP contribution < -0.4 is 26.4 Å². The highest BCUT2D eigenvalue weighted by molar-refractivity contribution is 5.95. The third-order valence-electron chi connectivity index (χ3n) is 6.88. The number of amides is 4. The molecule has 1 aliphatic carbocycles. The Bertz CT molecular complexity index is 975. The van der Waals surface area contributed by atoms with Gasteiger partial charge in [-0.2, -0.15) is 0 Å². The van der Waals surface area contributed by atoms with Crippen molar-refractivity contribution < 1.29 is 34.2 Å². The number of aliphatic carboxylic acids is 1. The zero-order valence-electron chi connectivity index (χ0n) is 23.0. The molecule has 13 heteroatoms. The smallest absolute Gasteiger partial charge is 0.245 e. The number of aromatic amines is 1. The molecule has 1 aromatic rings. The zero-order valence-corrected chi connectivity index (χ0v) is 23.0. The number of H-pyrrole nitrogens is 1. The summed E-state index contributed by atoms with van der Waals surface area (Å²) < 4.78 is 0. The number of hydrogen-bond donors (Lipinski definition) is 6. The van der Waals surface area contributed by atoms with Crippen LogP contribution in [0.3, 0.4) is 0 Å². The molecule has 0 aliphatic heterocycles. The first-order chi connectivity index (χ1) is 18.4. The van der Waals surface area contributed by atoms with E-state index in [0.717, 1.165) is 32.1 Å². The number of aromatic nitrogens is 2. The maximum atomic E-state index is 13.4. The summed E-state index contributed by atoms with van der Waals surface area (Å²) in [5.74, 6) is -4.31. The molecule has 1 aromatic heterocycles. The van der Waals surface area contributed by atoms with Crippen LogP contribution in [0.2, 0.25) is 0 Å². The molecule has 39 heavy (non-hydrogen) atoms. The fraction of sp³-hybridized carbons (Fsp3) is 0.692. The van der Waals surface area contributed by atoms with Crippen LogP contribution in [0, 0.1) is 11.8 Å². The normalized spacial score (nSPS) is 17.8. The van der Waals surface area contributed by atoms with Gasteiger partial charge in [0.25, 0.3) is 0 Å². The number of carbonyl (C=O) groups excluding carboxylic acids is 5. The monoisotopic (exact) mass is 549 g/mol. The molecule has 6 N–H and O–H groups in total. The molecule has 1 aliphatic rings. The van der Waals surface area contributed by atoms with Gasteiger partial charge in [0, 0.05) is 25.2 Å². The lowest BCUT2D eigenvalue weighted by atomic mass is 9.84. The summed E-state index contributed by atoms with van der Waals surface area (Å²) in [5.41, 5.74) is 0.492. The lowest BCUT2D eigenvalue weighted by Crippen LogP contribution is -2.61. The first-order valence-electron chi connectivity index (χ1n) is 13.4. The number of carbonyl (C=O) groups is 5. The maximum Gasteiger partial charge on any atom is 0.245 e. The molecule has 5 atom stereocenters. The van der Waals surface area contributed by atoms with Crippen molar-refractivity contribution in [1.82, 2.24) is 31.2 Å². The number of imidazole rings is 1. The van der Waals surface area contributed by atoms with Crippen LogP contribution in [-0.2, 0) is 30.4 Å². The summed E-state index contributed by atoms with van der Waals surface area (Å²) in [7, 11) is 0. The Hall–Kier alpha value is -3.48. The number of aliphatic hydroxyl groups is 1. The van der Waals surface area contributed by atoms with Gasteiger partial charge in [0.05, 0.1) is 24.4 Å². The molecule has 0 radical (unpaired) electrons. The standard InChI is InChI=1S/C26H42N6O7/c1-14(2)21(32-25(37)22(15(3)33)29-16(4)34)24(36)30-19(10-17-8-6-5-7-9-17)23(35)31-20(26(38)39)11-18-12-27-13-28-18/h12-15,17,19-22,33H,5-11H2,1-4H3,(H,27,28)(H,29,34)(H,30,36)(H,31,35)(H,32,37)(H,38,39)/p-1/t15-,19+,20+,21+,22+/m1/s1. The van der Waals surface area contributed by atoms with Crippen molar-refractivity contribution >= 4 is 29.6 Å². The zero-order chi connectivity index (χ0) is 29.1. The van der Waals surface area contributed by atoms with E-state index in [2.05, 4.69) is 31.2 Å². The average molecular weight is 550 g/mol. The van der Waals surface area contributed by atoms with Crippen molar-refractivity contribution in [2.45, 2.75) is 103 Å². The molecule has 0 unspecified atom stereocenters. The summed E-state index contributed by atoms with van der Waals surface area (Å²) in [4.78, 5) is 69.4. The highest BCUT2D eigenvalue weighted by Crippen LogP contribution is 2.27. The minimum absolute atomic E-state index is 0.0767. The third kappa shape index (κ3) is 10.3. The molecule has 1 saturated carbocycles. The van der Waals surface area contributed by atoms with Crippen molar-refractivity contribution in [2.75, 3.05) is 0 Å². The quantitative estimate of drug-likeness (QED) is 0.163. The molecular formula is C26H41N6O7-. The second kappa shape index (κ2) is 15.2. The van der Waals surface area contributed by atoms with E-state index in [1.807, 2.05) is 0 Å². The fourth-order valence-corrected chi connectivity index (χ4v) is 4.73. The molecule has 1 fully saturated rings. The predicted octanol–water partition coefficient (Wildman–Crippen LogP) is -1.33. The number of hydrogen-bond acceptors (Lipinski definition) is 8. The van der Waals surface area contributed by atoms with Crippen molar-refractivity contribution in [3.63, 3.8) is 0 Å². The van der Waals surface area contributed by atoms with Gasteiger partial charge in [-0.3, -0.25) is 19.2 Å². The van der Waals surface area contributed by atoms with E-state index in [1.54, 1.807) is 13.8 Å². The van der Waals surface area contributed by atoms with Gasteiger partial charge < -0.3 is 41.3 Å². The summed E-state index contributed by atoms with van der Waals surface area (Å²) in [6, 6.07) is -4.76. The largest absolute Gasteiger partial charge is 0.548 e. The van der Waals surface area contributed by atoms with Gasteiger partial charge in [-0.15, -0.1) is 0 Å². The maximum absolute atomic E-state index is 13.4. The van der Waals surface area contributed by atoms with E-state index < -0.39 is 65.8 Å². The molecule has 2 rings (SSSR count). The predicted molar refractivity (Wildman–Crippen MR) is 138 cm³/mol. The van der Waals surface area contributed by atoms with E-state index in [4.69, 9.17) is 0 Å². The Morgan fingerprint density at radius 2 is 1.56 bits per heavy atom. The van der Waals surface area contributed by atoms with E-state index >= 15 is 0 Å². The molecular weight excluding hydrogens is 508 g/mol. The Labute approximate surface area is 228 Å². The Morgan fingerprint density at radius 1 is 0.949 bits per heavy atom. The molecule has 13 nitrogen and oxygen atoms in total. The number of rotatable bonds is 14. The van der Waals surface area contributed by atoms with Gasteiger partial charge >= 0.3 is 0 Å². The second-order valence-corrected chi connectivity index (χ2v) is 10.6. The molecule has 0 aromatic carbocycles. The minimum atomic E-state index is -1.48. The van der Waals surface area contributed by atoms with Crippen LogP contribution >= 0.6 is 0 Å². The van der Waals surface area contributed by atoms with Crippen LogP contribution in [0.5, 0.6) is 0 Å². The van der Waals surface area contributed by atoms with Gasteiger partial charge in [-0.25, -0.2) is 4.98 Å². The van der Waals surface area contributed by atoms with Gasteiger partial charge in [0.1, 0.15) is 18.1 Å². The lowest BCUT2D eigenvalue weighted by molar-refractivity contribution is -0.308. The first kappa shape index (κ1) is 31.7. The van der Waals surface area contributed by atoms with E-state index in [9.17, 15) is 34.2 Å². The highest BCUT2D eigenvalue weighted by atomic mass is 16.4. The SMILES string of the molecule is CC(=O)N[C@H](C(=O)N[C@H](C(=O)N[C@@H](CC1CCCCC1)C(=O)N[C@@H](Cc1cnc[nH]1)C(=O)[O-])C(C)C)[C@@H](C)O. The summed E-state index contributed by atoms with van der Waals surface area (Å²) in [5, 5.41) is 31.8. The van der Waals surface area contributed by atoms with Crippen molar-refractivity contribution in [3.8, 4) is 0 Å². The number of carboxylic acid groups (broad SMARTS) is 1. The summed E-state index contributed by atoms with van der Waals surface area (Å²) >= 11 is 0. The van der Waals surface area contributed by atoms with Gasteiger partial charge in [-0.1, -0.05) is 46.0 Å². The van der Waals surface area contributed by atoms with Crippen LogP contribution in [0.4, 0.5) is 0 Å². The number of nitrogens with zero attached hydrogens (tertiary/aromatic N) is 1. The van der Waals surface area contributed by atoms with E-state index in [1.165, 1.54) is 26.4 Å². The van der Waals surface area contributed by atoms with Crippen molar-refractivity contribution in [3.05, 3.63) is 18.2 Å². The number of aliphatic hydroxyl groups excluding tert-OH is 1. The highest BCUT2D eigenvalue weighted by Gasteiger charge is 2.34. The Morgan fingerprint density at radius 3 is 2.08 bits per heavy atom. The Balaban J connectivity index is 2.20. The van der Waals surface area contributed by atoms with Gasteiger partial charge in [0.15, 0.2) is 0 Å². The van der Waals surface area contributed by atoms with E-state index in [0.29, 0.717) is 12.1 Å². The van der Waals surface area contributed by atoms with Gasteiger partial charge in [0.2, 0.25) is 23.6 Å². The van der Waals surface area contributed by atoms with Crippen LogP contribution in [0.15, 0.2) is 12.5 Å². The minimum Gasteiger partial charge on any atom is -0.548 e. The molecule has 0 bridgehead atoms. The van der Waals surface area contributed by atoms with Crippen molar-refractivity contribution in [2.24, 2.45) is 11.8 Å². The molecule has 0 saturated heterocycles. The fourth-order valence-electron chi connectivity index (χ4n) is 4.73. The number of carboxylic acids is 1. The number of nitrogens with one attached hydrogen (secondary N) is 5. The molecule has 1 heterocycles. The Kier molecular flexibility index (Phi) is 12.4. The van der Waals surface area contributed by atoms with Gasteiger partial charge in [-0.05, 0) is 25.2 Å². The topological polar surface area (TPSA) is 205 Å². The van der Waals surface area contributed by atoms with Crippen LogP contribution in [0.1, 0.15) is 71.9 Å². The van der Waals surface area contributed by atoms with Crippen molar-refractivity contribution in [1.29, 1.82) is 0 Å². The summed E-state index contributed by atoms with van der Waals surface area (Å²) in [6.07, 6.45) is 6.72. The first-order valence-corrected chi connectivity index (χ1v) is 13.4. The molecule has 4 amide bonds. The second-order valence-electron chi connectivity index (χ2n) is 10.6. The van der Waals surface area contributed by atoms with Crippen LogP contribution in [0.25, 0.3) is 0 Å². The van der Waals surface area contributed by atoms with Crippen LogP contribution in [-0.4, -0.2) is 74.9 Å². The molecule has 218 valence electrons. The summed E-state index contributed by atoms with van der Waals surface area (Å²) in [6.45, 7) is 5.95. The third-order valence-corrected chi connectivity index (χ3v) is 6.88. The lowest BCUT2D eigenvalue weighted by Gasteiger charge is -2.31. The average Bonchev–Trinajstić information content (AvgIpc) is 3.38. The molecule has 0 spiro atoms. The van der Waals surface area contributed by atoms with E-state index in [-0.39, 0.29) is 12.3 Å².